The SMILES string of the molecule is CCCOc1ccc([C@H]2C(C(=O)OCc3ccccc3)=C(C)N=C3S[C@H](C)C(=O)N32)cc1. The molecule has 2 aliphatic rings. The van der Waals surface area contributed by atoms with Gasteiger partial charge in [0.1, 0.15) is 12.4 Å². The maximum atomic E-state index is 13.2. The highest BCUT2D eigenvalue weighted by atomic mass is 32.2. The molecule has 0 aliphatic carbocycles. The van der Waals surface area contributed by atoms with E-state index in [1.807, 2.05) is 61.5 Å². The van der Waals surface area contributed by atoms with Crippen LogP contribution in [0.1, 0.15) is 44.4 Å². The Kier molecular flexibility index (Phi) is 6.65. The number of allylic oxidation sites excluding steroid dienone is 1. The number of nitrogens with zero attached hydrogens (tertiary/aromatic N) is 2. The monoisotopic (exact) mass is 450 g/mol. The molecule has 166 valence electrons. The predicted molar refractivity (Wildman–Crippen MR) is 125 cm³/mol. The van der Waals surface area contributed by atoms with Crippen LogP contribution in [-0.2, 0) is 20.9 Å². The third kappa shape index (κ3) is 4.43. The van der Waals surface area contributed by atoms with Gasteiger partial charge in [-0.25, -0.2) is 9.79 Å². The van der Waals surface area contributed by atoms with Gasteiger partial charge in [-0.2, -0.15) is 0 Å². The van der Waals surface area contributed by atoms with Crippen LogP contribution < -0.4 is 4.74 Å². The minimum atomic E-state index is -0.587. The Labute approximate surface area is 192 Å². The maximum Gasteiger partial charge on any atom is 0.338 e. The van der Waals surface area contributed by atoms with Crippen LogP contribution in [0.25, 0.3) is 0 Å². The number of amidine groups is 1. The smallest absolute Gasteiger partial charge is 0.338 e. The Morgan fingerprint density at radius 3 is 2.53 bits per heavy atom. The zero-order valence-corrected chi connectivity index (χ0v) is 19.2. The maximum absolute atomic E-state index is 13.2. The Morgan fingerprint density at radius 2 is 1.84 bits per heavy atom. The highest BCUT2D eigenvalue weighted by Crippen LogP contribution is 2.43. The molecule has 1 fully saturated rings. The number of carbonyl (C=O) groups is 2. The van der Waals surface area contributed by atoms with Crippen LogP contribution in [0.3, 0.4) is 0 Å². The Bertz CT molecular complexity index is 1060. The highest BCUT2D eigenvalue weighted by molar-refractivity contribution is 8.15. The number of fused-ring (bicyclic) bond motifs is 1. The number of ether oxygens (including phenoxy) is 2. The van der Waals surface area contributed by atoms with Crippen molar-refractivity contribution in [2.24, 2.45) is 4.99 Å². The molecule has 2 heterocycles. The Morgan fingerprint density at radius 1 is 1.12 bits per heavy atom. The molecule has 7 heteroatoms. The number of hydrogen-bond acceptors (Lipinski definition) is 6. The lowest BCUT2D eigenvalue weighted by molar-refractivity contribution is -0.141. The van der Waals surface area contributed by atoms with Gasteiger partial charge in [-0.3, -0.25) is 9.69 Å². The van der Waals surface area contributed by atoms with Crippen molar-refractivity contribution in [3.63, 3.8) is 0 Å². The highest BCUT2D eigenvalue weighted by Gasteiger charge is 2.46. The molecule has 0 saturated carbocycles. The summed E-state index contributed by atoms with van der Waals surface area (Å²) >= 11 is 1.41. The molecule has 1 amide bonds. The molecule has 0 bridgehead atoms. The van der Waals surface area contributed by atoms with Crippen LogP contribution in [0.5, 0.6) is 5.75 Å². The molecule has 2 aromatic rings. The van der Waals surface area contributed by atoms with Crippen molar-refractivity contribution in [1.82, 2.24) is 4.90 Å². The number of esters is 1. The lowest BCUT2D eigenvalue weighted by Crippen LogP contribution is -2.40. The van der Waals surface area contributed by atoms with Gasteiger partial charge in [0, 0.05) is 0 Å². The van der Waals surface area contributed by atoms with Gasteiger partial charge >= 0.3 is 5.97 Å². The van der Waals surface area contributed by atoms with Crippen molar-refractivity contribution in [1.29, 1.82) is 0 Å². The third-order valence-corrected chi connectivity index (χ3v) is 6.41. The van der Waals surface area contributed by atoms with Crippen LogP contribution in [0, 0.1) is 0 Å². The molecule has 2 aromatic carbocycles. The fourth-order valence-electron chi connectivity index (χ4n) is 3.75. The third-order valence-electron chi connectivity index (χ3n) is 5.36. The normalized spacial score (nSPS) is 20.2. The summed E-state index contributed by atoms with van der Waals surface area (Å²) in [6.07, 6.45) is 0.918. The van der Waals surface area contributed by atoms with E-state index in [-0.39, 0.29) is 17.8 Å². The molecule has 0 N–H and O–H groups in total. The average molecular weight is 451 g/mol. The van der Waals surface area contributed by atoms with Crippen molar-refractivity contribution < 1.29 is 19.1 Å². The fourth-order valence-corrected chi connectivity index (χ4v) is 4.78. The van der Waals surface area contributed by atoms with E-state index in [2.05, 4.69) is 11.9 Å². The second-order valence-electron chi connectivity index (χ2n) is 7.74. The van der Waals surface area contributed by atoms with Gasteiger partial charge in [-0.15, -0.1) is 0 Å². The van der Waals surface area contributed by atoms with E-state index in [1.54, 1.807) is 11.8 Å². The molecule has 0 radical (unpaired) electrons. The van der Waals surface area contributed by atoms with Gasteiger partial charge in [0.05, 0.1) is 29.2 Å². The number of amides is 1. The van der Waals surface area contributed by atoms with E-state index in [4.69, 9.17) is 9.47 Å². The first-order valence-corrected chi connectivity index (χ1v) is 11.6. The van der Waals surface area contributed by atoms with E-state index >= 15 is 0 Å². The first kappa shape index (κ1) is 22.1. The second kappa shape index (κ2) is 9.61. The van der Waals surface area contributed by atoms with Crippen LogP contribution in [0.15, 0.2) is 70.9 Å². The topological polar surface area (TPSA) is 68.2 Å². The summed E-state index contributed by atoms with van der Waals surface area (Å²) in [5.74, 6) is 0.221. The summed E-state index contributed by atoms with van der Waals surface area (Å²) in [6.45, 7) is 6.49. The quantitative estimate of drug-likeness (QED) is 0.563. The molecule has 32 heavy (non-hydrogen) atoms. The van der Waals surface area contributed by atoms with Gasteiger partial charge in [-0.1, -0.05) is 61.2 Å². The van der Waals surface area contributed by atoms with Crippen molar-refractivity contribution >= 4 is 28.8 Å². The van der Waals surface area contributed by atoms with Crippen LogP contribution >= 0.6 is 11.8 Å². The van der Waals surface area contributed by atoms with Gasteiger partial charge in [0.25, 0.3) is 0 Å². The number of hydrogen-bond donors (Lipinski definition) is 0. The van der Waals surface area contributed by atoms with E-state index in [1.165, 1.54) is 11.8 Å². The van der Waals surface area contributed by atoms with Crippen LogP contribution in [0.2, 0.25) is 0 Å². The summed E-state index contributed by atoms with van der Waals surface area (Å²) < 4.78 is 11.3. The van der Waals surface area contributed by atoms with Crippen molar-refractivity contribution in [3.8, 4) is 5.75 Å². The standard InChI is InChI=1S/C25H26N2O4S/c1-4-14-30-20-12-10-19(11-13-20)22-21(24(29)31-15-18-8-6-5-7-9-18)16(2)26-25-27(22)23(28)17(3)32-25/h5-13,17,22H,4,14-15H2,1-3H3/t17-,22+/m1/s1. The lowest BCUT2D eigenvalue weighted by Gasteiger charge is -2.33. The largest absolute Gasteiger partial charge is 0.494 e. The predicted octanol–water partition coefficient (Wildman–Crippen LogP) is 4.87. The Balaban J connectivity index is 1.66. The summed E-state index contributed by atoms with van der Waals surface area (Å²) in [5.41, 5.74) is 2.67. The van der Waals surface area contributed by atoms with E-state index in [0.717, 1.165) is 23.3 Å². The Hall–Kier alpha value is -3.06. The minimum absolute atomic E-state index is 0.0640. The minimum Gasteiger partial charge on any atom is -0.494 e. The zero-order chi connectivity index (χ0) is 22.7. The van der Waals surface area contributed by atoms with Gasteiger partial charge in [0.15, 0.2) is 5.17 Å². The van der Waals surface area contributed by atoms with Crippen LogP contribution in [-0.4, -0.2) is 33.8 Å². The van der Waals surface area contributed by atoms with Crippen molar-refractivity contribution in [3.05, 3.63) is 77.0 Å². The molecule has 2 aliphatic heterocycles. The molecule has 2 atom stereocenters. The second-order valence-corrected chi connectivity index (χ2v) is 9.05. The van der Waals surface area contributed by atoms with Gasteiger partial charge < -0.3 is 9.47 Å². The number of benzene rings is 2. The van der Waals surface area contributed by atoms with Crippen LogP contribution in [0.4, 0.5) is 0 Å². The summed E-state index contributed by atoms with van der Waals surface area (Å²) in [4.78, 5) is 32.4. The van der Waals surface area contributed by atoms with E-state index in [9.17, 15) is 9.59 Å². The molecule has 6 nitrogen and oxygen atoms in total. The number of rotatable bonds is 7. The number of carbonyl (C=O) groups excluding carboxylic acids is 2. The van der Waals surface area contributed by atoms with Gasteiger partial charge in [0.2, 0.25) is 5.91 Å². The average Bonchev–Trinajstić information content (AvgIpc) is 3.09. The lowest BCUT2D eigenvalue weighted by atomic mass is 9.94. The zero-order valence-electron chi connectivity index (χ0n) is 18.4. The van der Waals surface area contributed by atoms with Crippen molar-refractivity contribution in [2.75, 3.05) is 6.61 Å². The molecule has 1 saturated heterocycles. The van der Waals surface area contributed by atoms with E-state index < -0.39 is 12.0 Å². The van der Waals surface area contributed by atoms with E-state index in [0.29, 0.717) is 23.0 Å². The summed E-state index contributed by atoms with van der Waals surface area (Å²) in [6, 6.07) is 16.5. The molecule has 0 aromatic heterocycles. The fraction of sp³-hybridized carbons (Fsp3) is 0.320. The molecular formula is C25H26N2O4S. The summed E-state index contributed by atoms with van der Waals surface area (Å²) in [7, 11) is 0. The first-order chi connectivity index (χ1) is 15.5. The molecular weight excluding hydrogens is 424 g/mol. The first-order valence-electron chi connectivity index (χ1n) is 10.7. The summed E-state index contributed by atoms with van der Waals surface area (Å²) in [5, 5.41) is 0.367. The number of aliphatic imine (C=N–C) groups is 1. The number of thioether (sulfide) groups is 1. The molecule has 4 rings (SSSR count). The van der Waals surface area contributed by atoms with Gasteiger partial charge in [-0.05, 0) is 43.5 Å². The van der Waals surface area contributed by atoms with Crippen molar-refractivity contribution in [2.45, 2.75) is 45.1 Å². The molecule has 0 unspecified atom stereocenters. The molecule has 0 spiro atoms.